The largest absolute Gasteiger partial charge is 0.394 e. The van der Waals surface area contributed by atoms with E-state index in [0.29, 0.717) is 0 Å². The van der Waals surface area contributed by atoms with Gasteiger partial charge in [-0.05, 0) is 6.92 Å². The van der Waals surface area contributed by atoms with E-state index in [4.69, 9.17) is 33.2 Å². The highest BCUT2D eigenvalue weighted by molar-refractivity contribution is 4.97. The minimum Gasteiger partial charge on any atom is -0.394 e. The molecule has 19 nitrogen and oxygen atoms in total. The van der Waals surface area contributed by atoms with Gasteiger partial charge in [-0.1, -0.05) is 0 Å². The molecule has 0 aliphatic carbocycles. The van der Waals surface area contributed by atoms with E-state index in [2.05, 4.69) is 0 Å². The molecule has 4 rings (SSSR count). The standard InChI is InChI=1S/C23H40O19/c1-5-17(40-21-14(32)11(29)8(4-26)39-21)18(41-22-15(33)12(30)9(27)7(3-25)38-22)16(34)23(36-5)42-19-13(31)10(28)6(2-24)37-20(19)35/h5-35H,2-4H2,1H3/t5-,6+,7+,8-,9+,10+,11-,12-,13-,14+,15+,16+,17-,18-,19+,20?,21-,22-,23-/m0/s1. The number of aliphatic hydroxyl groups is 12. The second-order valence-corrected chi connectivity index (χ2v) is 10.6. The molecule has 42 heavy (non-hydrogen) atoms. The highest BCUT2D eigenvalue weighted by atomic mass is 16.8. The molecule has 0 spiro atoms. The SMILES string of the molecule is C[C@@H]1O[C@@H](O[C@H]2C(O)O[C@H](CO)[C@@H](O)[C@@H]2O)[C@H](O)[C@H](O[C@@H]2O[C@H](CO)[C@@H](O)[C@H](O)[C@H]2O)[C@H]1O[C@@H]1O[C@@H](CO)[C@H](O)[C@H]1O. The second kappa shape index (κ2) is 14.1. The molecule has 0 aromatic heterocycles. The number of ether oxygens (including phenoxy) is 7. The van der Waals surface area contributed by atoms with Crippen LogP contribution in [0.25, 0.3) is 0 Å². The number of aliphatic hydroxyl groups excluding tert-OH is 12. The Morgan fingerprint density at radius 3 is 1.38 bits per heavy atom. The van der Waals surface area contributed by atoms with E-state index in [-0.39, 0.29) is 0 Å². The molecule has 1 unspecified atom stereocenters. The molecule has 19 atom stereocenters. The van der Waals surface area contributed by atoms with E-state index in [1.54, 1.807) is 0 Å². The normalized spacial score (nSPS) is 53.8. The molecule has 0 saturated carbocycles. The third-order valence-corrected chi connectivity index (χ3v) is 7.81. The van der Waals surface area contributed by atoms with E-state index >= 15 is 0 Å². The summed E-state index contributed by atoms with van der Waals surface area (Å²) in [5.74, 6) is 0. The monoisotopic (exact) mass is 620 g/mol. The van der Waals surface area contributed by atoms with Crippen LogP contribution in [-0.4, -0.2) is 198 Å². The summed E-state index contributed by atoms with van der Waals surface area (Å²) >= 11 is 0. The lowest BCUT2D eigenvalue weighted by Gasteiger charge is -2.48. The molecule has 4 fully saturated rings. The lowest BCUT2D eigenvalue weighted by atomic mass is 9.96. The smallest absolute Gasteiger partial charge is 0.187 e. The minimum atomic E-state index is -1.94. The van der Waals surface area contributed by atoms with Crippen molar-refractivity contribution in [3.63, 3.8) is 0 Å². The molecule has 0 bridgehead atoms. The molecule has 0 aromatic rings. The lowest BCUT2D eigenvalue weighted by Crippen LogP contribution is -2.66. The van der Waals surface area contributed by atoms with E-state index in [9.17, 15) is 61.3 Å². The van der Waals surface area contributed by atoms with Crippen molar-refractivity contribution < 1.29 is 94.4 Å². The predicted octanol–water partition coefficient (Wildman–Crippen LogP) is -8.08. The summed E-state index contributed by atoms with van der Waals surface area (Å²) in [7, 11) is 0. The molecule has 4 aliphatic rings. The van der Waals surface area contributed by atoms with Gasteiger partial charge >= 0.3 is 0 Å². The van der Waals surface area contributed by atoms with Crippen molar-refractivity contribution in [2.24, 2.45) is 0 Å². The van der Waals surface area contributed by atoms with Crippen LogP contribution < -0.4 is 0 Å². The third kappa shape index (κ3) is 6.60. The van der Waals surface area contributed by atoms with Gasteiger partial charge in [-0.3, -0.25) is 0 Å². The highest BCUT2D eigenvalue weighted by Crippen LogP contribution is 2.35. The summed E-state index contributed by atoms with van der Waals surface area (Å²) in [5, 5.41) is 122. The Bertz CT molecular complexity index is 853. The first-order valence-corrected chi connectivity index (χ1v) is 13.4. The van der Waals surface area contributed by atoms with Crippen LogP contribution in [0.2, 0.25) is 0 Å². The van der Waals surface area contributed by atoms with Crippen molar-refractivity contribution in [2.45, 2.75) is 124 Å². The fraction of sp³-hybridized carbons (Fsp3) is 1.00. The zero-order valence-corrected chi connectivity index (χ0v) is 22.3. The molecular formula is C23H40O19. The molecule has 4 saturated heterocycles. The molecule has 4 aliphatic heterocycles. The summed E-state index contributed by atoms with van der Waals surface area (Å²) in [4.78, 5) is 0. The van der Waals surface area contributed by atoms with Gasteiger partial charge in [-0.25, -0.2) is 0 Å². The van der Waals surface area contributed by atoms with Crippen LogP contribution in [0, 0.1) is 0 Å². The summed E-state index contributed by atoms with van der Waals surface area (Å²) in [6, 6.07) is 0. The molecule has 246 valence electrons. The van der Waals surface area contributed by atoms with Crippen LogP contribution in [0.5, 0.6) is 0 Å². The maximum Gasteiger partial charge on any atom is 0.187 e. The third-order valence-electron chi connectivity index (χ3n) is 7.81. The predicted molar refractivity (Wildman–Crippen MR) is 126 cm³/mol. The number of hydrogen-bond acceptors (Lipinski definition) is 19. The average molecular weight is 621 g/mol. The fourth-order valence-corrected chi connectivity index (χ4v) is 5.29. The van der Waals surface area contributed by atoms with E-state index in [1.807, 2.05) is 0 Å². The summed E-state index contributed by atoms with van der Waals surface area (Å²) in [6.45, 7) is -0.815. The van der Waals surface area contributed by atoms with Crippen molar-refractivity contribution >= 4 is 0 Å². The highest BCUT2D eigenvalue weighted by Gasteiger charge is 2.55. The number of rotatable bonds is 9. The van der Waals surface area contributed by atoms with Crippen molar-refractivity contribution in [2.75, 3.05) is 19.8 Å². The van der Waals surface area contributed by atoms with Crippen molar-refractivity contribution in [3.8, 4) is 0 Å². The molecule has 19 heteroatoms. The second-order valence-electron chi connectivity index (χ2n) is 10.6. The summed E-state index contributed by atoms with van der Waals surface area (Å²) in [6.07, 6.45) is -31.2. The summed E-state index contributed by atoms with van der Waals surface area (Å²) in [5.41, 5.74) is 0. The van der Waals surface area contributed by atoms with Crippen molar-refractivity contribution in [1.29, 1.82) is 0 Å². The Hall–Kier alpha value is -0.760. The Morgan fingerprint density at radius 1 is 0.429 bits per heavy atom. The first-order valence-electron chi connectivity index (χ1n) is 13.4. The Kier molecular flexibility index (Phi) is 11.5. The molecule has 12 N–H and O–H groups in total. The molecule has 0 aromatic carbocycles. The molecule has 0 radical (unpaired) electrons. The Labute approximate surface area is 238 Å². The van der Waals surface area contributed by atoms with Crippen LogP contribution >= 0.6 is 0 Å². The van der Waals surface area contributed by atoms with Gasteiger partial charge in [-0.2, -0.15) is 0 Å². The van der Waals surface area contributed by atoms with Crippen LogP contribution in [-0.2, 0) is 33.2 Å². The average Bonchev–Trinajstić information content (AvgIpc) is 3.24. The molecular weight excluding hydrogens is 580 g/mol. The first kappa shape index (κ1) is 34.1. The molecule has 0 amide bonds. The fourth-order valence-electron chi connectivity index (χ4n) is 5.29. The van der Waals surface area contributed by atoms with E-state index in [1.165, 1.54) is 6.92 Å². The maximum absolute atomic E-state index is 11.3. The van der Waals surface area contributed by atoms with E-state index < -0.39 is 137 Å². The summed E-state index contributed by atoms with van der Waals surface area (Å²) < 4.78 is 38.6. The van der Waals surface area contributed by atoms with Gasteiger partial charge < -0.3 is 94.4 Å². The van der Waals surface area contributed by atoms with Gasteiger partial charge in [0.15, 0.2) is 25.2 Å². The zero-order valence-electron chi connectivity index (χ0n) is 22.3. The number of hydrogen-bond donors (Lipinski definition) is 12. The van der Waals surface area contributed by atoms with Crippen molar-refractivity contribution in [1.82, 2.24) is 0 Å². The van der Waals surface area contributed by atoms with Gasteiger partial charge in [0.2, 0.25) is 0 Å². The van der Waals surface area contributed by atoms with Crippen LogP contribution in [0.1, 0.15) is 6.92 Å². The van der Waals surface area contributed by atoms with Gasteiger partial charge in [0.1, 0.15) is 85.5 Å². The quantitative estimate of drug-likeness (QED) is 0.114. The Morgan fingerprint density at radius 2 is 0.833 bits per heavy atom. The van der Waals surface area contributed by atoms with E-state index in [0.717, 1.165) is 0 Å². The lowest BCUT2D eigenvalue weighted by molar-refractivity contribution is -0.390. The topological polar surface area (TPSA) is 307 Å². The van der Waals surface area contributed by atoms with Crippen LogP contribution in [0.4, 0.5) is 0 Å². The minimum absolute atomic E-state index is 0.671. The van der Waals surface area contributed by atoms with Gasteiger partial charge in [-0.15, -0.1) is 0 Å². The van der Waals surface area contributed by atoms with Gasteiger partial charge in [0.25, 0.3) is 0 Å². The van der Waals surface area contributed by atoms with Crippen LogP contribution in [0.3, 0.4) is 0 Å². The molecule has 4 heterocycles. The van der Waals surface area contributed by atoms with Crippen molar-refractivity contribution in [3.05, 3.63) is 0 Å². The zero-order chi connectivity index (χ0) is 31.0. The van der Waals surface area contributed by atoms with Gasteiger partial charge in [0.05, 0.1) is 25.9 Å². The maximum atomic E-state index is 11.3. The Balaban J connectivity index is 1.58. The van der Waals surface area contributed by atoms with Crippen LogP contribution in [0.15, 0.2) is 0 Å². The van der Waals surface area contributed by atoms with Gasteiger partial charge in [0, 0.05) is 0 Å². The first-order chi connectivity index (χ1) is 19.8.